The second kappa shape index (κ2) is 6.44. The summed E-state index contributed by atoms with van der Waals surface area (Å²) in [6.07, 6.45) is 0. The molecule has 0 heterocycles. The SMILES string of the molecule is CC(C)c1cc(C(C)(C)C)cc(-c2cccc(Cl)c2)c1CO. The highest BCUT2D eigenvalue weighted by Gasteiger charge is 2.20. The van der Waals surface area contributed by atoms with Crippen molar-refractivity contribution >= 4 is 11.6 Å². The van der Waals surface area contributed by atoms with Crippen LogP contribution in [0.25, 0.3) is 11.1 Å². The fourth-order valence-corrected chi connectivity index (χ4v) is 2.92. The number of hydrogen-bond acceptors (Lipinski definition) is 1. The Labute approximate surface area is 139 Å². The third kappa shape index (κ3) is 3.53. The van der Waals surface area contributed by atoms with Gasteiger partial charge in [0.2, 0.25) is 0 Å². The molecule has 0 aliphatic carbocycles. The highest BCUT2D eigenvalue weighted by Crippen LogP contribution is 2.36. The summed E-state index contributed by atoms with van der Waals surface area (Å²) in [6, 6.07) is 12.3. The predicted molar refractivity (Wildman–Crippen MR) is 95.6 cm³/mol. The van der Waals surface area contributed by atoms with Gasteiger partial charge in [-0.25, -0.2) is 0 Å². The van der Waals surface area contributed by atoms with Gasteiger partial charge in [0.1, 0.15) is 0 Å². The number of aliphatic hydroxyl groups is 1. The Morgan fingerprint density at radius 2 is 1.77 bits per heavy atom. The van der Waals surface area contributed by atoms with Crippen LogP contribution in [0, 0.1) is 0 Å². The molecule has 118 valence electrons. The molecule has 0 spiro atoms. The zero-order valence-corrected chi connectivity index (χ0v) is 14.8. The van der Waals surface area contributed by atoms with Gasteiger partial charge in [-0.3, -0.25) is 0 Å². The van der Waals surface area contributed by atoms with Gasteiger partial charge in [-0.2, -0.15) is 0 Å². The van der Waals surface area contributed by atoms with Crippen molar-refractivity contribution < 1.29 is 5.11 Å². The Morgan fingerprint density at radius 3 is 2.27 bits per heavy atom. The molecule has 0 aliphatic heterocycles. The van der Waals surface area contributed by atoms with Crippen molar-refractivity contribution in [3.63, 3.8) is 0 Å². The summed E-state index contributed by atoms with van der Waals surface area (Å²) in [7, 11) is 0. The Balaban J connectivity index is 2.77. The molecule has 1 nitrogen and oxygen atoms in total. The van der Waals surface area contributed by atoms with E-state index in [-0.39, 0.29) is 12.0 Å². The number of aliphatic hydroxyl groups excluding tert-OH is 1. The van der Waals surface area contributed by atoms with Crippen molar-refractivity contribution in [1.29, 1.82) is 0 Å². The first-order valence-electron chi connectivity index (χ1n) is 7.78. The van der Waals surface area contributed by atoms with Crippen LogP contribution >= 0.6 is 11.6 Å². The lowest BCUT2D eigenvalue weighted by molar-refractivity contribution is 0.280. The minimum absolute atomic E-state index is 0.0415. The molecule has 0 atom stereocenters. The van der Waals surface area contributed by atoms with E-state index in [9.17, 15) is 5.11 Å². The molecule has 0 bridgehead atoms. The molecule has 1 N–H and O–H groups in total. The third-order valence-corrected chi connectivity index (χ3v) is 4.30. The molecule has 2 aromatic carbocycles. The lowest BCUT2D eigenvalue weighted by Crippen LogP contribution is -2.13. The second-order valence-electron chi connectivity index (χ2n) is 7.16. The van der Waals surface area contributed by atoms with Crippen LogP contribution in [0.1, 0.15) is 57.2 Å². The van der Waals surface area contributed by atoms with Gasteiger partial charge in [0.05, 0.1) is 6.61 Å². The van der Waals surface area contributed by atoms with E-state index in [2.05, 4.69) is 52.8 Å². The first-order valence-corrected chi connectivity index (χ1v) is 8.16. The van der Waals surface area contributed by atoms with Crippen molar-refractivity contribution in [2.75, 3.05) is 0 Å². The van der Waals surface area contributed by atoms with E-state index >= 15 is 0 Å². The van der Waals surface area contributed by atoms with Crippen LogP contribution in [0.15, 0.2) is 36.4 Å². The van der Waals surface area contributed by atoms with Crippen LogP contribution in [0.4, 0.5) is 0 Å². The maximum absolute atomic E-state index is 9.94. The molecule has 22 heavy (non-hydrogen) atoms. The fourth-order valence-electron chi connectivity index (χ4n) is 2.73. The smallest absolute Gasteiger partial charge is 0.0690 e. The lowest BCUT2D eigenvalue weighted by Gasteiger charge is -2.25. The van der Waals surface area contributed by atoms with Crippen LogP contribution in [0.3, 0.4) is 0 Å². The van der Waals surface area contributed by atoms with E-state index in [1.165, 1.54) is 11.1 Å². The Morgan fingerprint density at radius 1 is 1.09 bits per heavy atom. The second-order valence-corrected chi connectivity index (χ2v) is 7.60. The number of rotatable bonds is 3. The Bertz CT molecular complexity index is 666. The lowest BCUT2D eigenvalue weighted by atomic mass is 9.80. The predicted octanol–water partition coefficient (Wildman–Crippen LogP) is 5.92. The maximum atomic E-state index is 9.94. The molecule has 0 aliphatic rings. The topological polar surface area (TPSA) is 20.2 Å². The monoisotopic (exact) mass is 316 g/mol. The van der Waals surface area contributed by atoms with Crippen molar-refractivity contribution in [2.24, 2.45) is 0 Å². The molecule has 0 amide bonds. The van der Waals surface area contributed by atoms with Gasteiger partial charge in [0.25, 0.3) is 0 Å². The summed E-state index contributed by atoms with van der Waals surface area (Å²) in [5, 5.41) is 10.7. The normalized spacial score (nSPS) is 12.0. The van der Waals surface area contributed by atoms with E-state index in [4.69, 9.17) is 11.6 Å². The molecule has 2 aromatic rings. The standard InChI is InChI=1S/C20H25ClO/c1-13(2)17-10-15(20(3,4)5)11-18(19(17)12-22)14-7-6-8-16(21)9-14/h6-11,13,22H,12H2,1-5H3. The average Bonchev–Trinajstić information content (AvgIpc) is 2.44. The molecular weight excluding hydrogens is 292 g/mol. The largest absolute Gasteiger partial charge is 0.392 e. The summed E-state index contributed by atoms with van der Waals surface area (Å²) in [5.41, 5.74) is 5.70. The van der Waals surface area contributed by atoms with Gasteiger partial charge in [0.15, 0.2) is 0 Å². The van der Waals surface area contributed by atoms with E-state index < -0.39 is 0 Å². The molecular formula is C20H25ClO. The molecule has 2 rings (SSSR count). The van der Waals surface area contributed by atoms with Gasteiger partial charge >= 0.3 is 0 Å². The Hall–Kier alpha value is -1.31. The zero-order valence-electron chi connectivity index (χ0n) is 14.1. The number of hydrogen-bond donors (Lipinski definition) is 1. The van der Waals surface area contributed by atoms with E-state index in [1.54, 1.807) is 0 Å². The fraction of sp³-hybridized carbons (Fsp3) is 0.400. The van der Waals surface area contributed by atoms with Crippen molar-refractivity contribution in [1.82, 2.24) is 0 Å². The molecule has 0 aromatic heterocycles. The molecule has 0 unspecified atom stereocenters. The molecule has 0 fully saturated rings. The number of halogens is 1. The summed E-state index contributed by atoms with van der Waals surface area (Å²) in [6.45, 7) is 11.0. The maximum Gasteiger partial charge on any atom is 0.0690 e. The zero-order chi connectivity index (χ0) is 16.5. The molecule has 2 heteroatoms. The summed E-state index contributed by atoms with van der Waals surface area (Å²) >= 11 is 6.16. The van der Waals surface area contributed by atoms with Crippen LogP contribution in [-0.2, 0) is 12.0 Å². The minimum Gasteiger partial charge on any atom is -0.392 e. The van der Waals surface area contributed by atoms with Gasteiger partial charge in [-0.15, -0.1) is 0 Å². The third-order valence-electron chi connectivity index (χ3n) is 4.07. The van der Waals surface area contributed by atoms with Crippen molar-refractivity contribution in [3.8, 4) is 11.1 Å². The van der Waals surface area contributed by atoms with Crippen molar-refractivity contribution in [2.45, 2.75) is 52.6 Å². The number of benzene rings is 2. The highest BCUT2D eigenvalue weighted by molar-refractivity contribution is 6.30. The van der Waals surface area contributed by atoms with Gasteiger partial charge in [0, 0.05) is 5.02 Å². The summed E-state index contributed by atoms with van der Waals surface area (Å²) in [5.74, 6) is 0.363. The molecule has 0 radical (unpaired) electrons. The van der Waals surface area contributed by atoms with Crippen LogP contribution in [-0.4, -0.2) is 5.11 Å². The first kappa shape index (κ1) is 17.1. The minimum atomic E-state index is 0.0415. The van der Waals surface area contributed by atoms with Crippen molar-refractivity contribution in [3.05, 3.63) is 58.1 Å². The van der Waals surface area contributed by atoms with E-state index in [0.717, 1.165) is 16.7 Å². The molecule has 0 saturated carbocycles. The quantitative estimate of drug-likeness (QED) is 0.745. The summed E-state index contributed by atoms with van der Waals surface area (Å²) < 4.78 is 0. The average molecular weight is 317 g/mol. The van der Waals surface area contributed by atoms with Crippen LogP contribution in [0.5, 0.6) is 0 Å². The van der Waals surface area contributed by atoms with Crippen LogP contribution in [0.2, 0.25) is 5.02 Å². The first-order chi connectivity index (χ1) is 10.2. The van der Waals surface area contributed by atoms with E-state index in [0.29, 0.717) is 10.9 Å². The van der Waals surface area contributed by atoms with E-state index in [1.807, 2.05) is 18.2 Å². The van der Waals surface area contributed by atoms with Crippen LogP contribution < -0.4 is 0 Å². The van der Waals surface area contributed by atoms with Gasteiger partial charge < -0.3 is 5.11 Å². The Kier molecular flexibility index (Phi) is 4.99. The molecule has 0 saturated heterocycles. The van der Waals surface area contributed by atoms with Gasteiger partial charge in [-0.05, 0) is 51.3 Å². The summed E-state index contributed by atoms with van der Waals surface area (Å²) in [4.78, 5) is 0. The van der Waals surface area contributed by atoms with Gasteiger partial charge in [-0.1, -0.05) is 70.5 Å². The highest BCUT2D eigenvalue weighted by atomic mass is 35.5.